The summed E-state index contributed by atoms with van der Waals surface area (Å²) in [6.07, 6.45) is 4.98. The average molecular weight is 497 g/mol. The maximum absolute atomic E-state index is 13.6. The molecule has 0 unspecified atom stereocenters. The smallest absolute Gasteiger partial charge is 0.261 e. The van der Waals surface area contributed by atoms with Crippen molar-refractivity contribution < 1.29 is 17.6 Å². The second kappa shape index (κ2) is 9.20. The number of hydrogen-bond donors (Lipinski definition) is 0. The largest absolute Gasteiger partial charge is 0.308 e. The van der Waals surface area contributed by atoms with Gasteiger partial charge in [-0.1, -0.05) is 20.3 Å². The number of amides is 1. The van der Waals surface area contributed by atoms with Crippen molar-refractivity contribution in [3.63, 3.8) is 0 Å². The Kier molecular flexibility index (Phi) is 6.23. The highest BCUT2D eigenvalue weighted by Crippen LogP contribution is 2.34. The van der Waals surface area contributed by atoms with Crippen molar-refractivity contribution >= 4 is 21.6 Å². The summed E-state index contributed by atoms with van der Waals surface area (Å²) < 4.78 is 42.9. The highest BCUT2D eigenvalue weighted by molar-refractivity contribution is 7.89. The van der Waals surface area contributed by atoms with Gasteiger partial charge in [-0.05, 0) is 73.2 Å². The van der Waals surface area contributed by atoms with Crippen LogP contribution in [0.15, 0.2) is 53.6 Å². The van der Waals surface area contributed by atoms with Gasteiger partial charge in [0.25, 0.3) is 5.91 Å². The fourth-order valence-corrected chi connectivity index (χ4v) is 6.58. The SMILES string of the molecule is CC(C)c1c(C(=O)N2CCc3cc(S(=O)(=O)N4CCCCC4)ccc32)cnn1-c1ccc(F)cc1. The van der Waals surface area contributed by atoms with Gasteiger partial charge in [0, 0.05) is 25.3 Å². The molecule has 0 radical (unpaired) electrons. The second-order valence-electron chi connectivity index (χ2n) is 9.45. The third-order valence-electron chi connectivity index (χ3n) is 6.80. The number of piperidine rings is 1. The number of anilines is 1. The number of sulfonamides is 1. The minimum absolute atomic E-state index is 0.000591. The lowest BCUT2D eigenvalue weighted by atomic mass is 10.0. The van der Waals surface area contributed by atoms with E-state index in [-0.39, 0.29) is 17.6 Å². The van der Waals surface area contributed by atoms with Crippen LogP contribution < -0.4 is 4.90 Å². The minimum Gasteiger partial charge on any atom is -0.308 e. The van der Waals surface area contributed by atoms with Crippen LogP contribution in [0.5, 0.6) is 0 Å². The van der Waals surface area contributed by atoms with E-state index in [1.165, 1.54) is 12.1 Å². The lowest BCUT2D eigenvalue weighted by Gasteiger charge is -2.26. The molecule has 0 aliphatic carbocycles. The summed E-state index contributed by atoms with van der Waals surface area (Å²) in [4.78, 5) is 15.6. The molecule has 0 spiro atoms. The lowest BCUT2D eigenvalue weighted by molar-refractivity contribution is 0.0988. The molecule has 1 amide bonds. The number of benzene rings is 2. The molecule has 2 aliphatic rings. The van der Waals surface area contributed by atoms with Gasteiger partial charge in [0.1, 0.15) is 5.82 Å². The molecule has 2 aliphatic heterocycles. The summed E-state index contributed by atoms with van der Waals surface area (Å²) in [7, 11) is -3.53. The van der Waals surface area contributed by atoms with Gasteiger partial charge in [-0.3, -0.25) is 4.79 Å². The minimum atomic E-state index is -3.53. The normalized spacial score (nSPS) is 16.6. The summed E-state index contributed by atoms with van der Waals surface area (Å²) >= 11 is 0. The number of aromatic nitrogens is 2. The third kappa shape index (κ3) is 4.27. The zero-order valence-electron chi connectivity index (χ0n) is 19.9. The first-order chi connectivity index (χ1) is 16.8. The van der Waals surface area contributed by atoms with Crippen LogP contribution in [0.25, 0.3) is 5.69 Å². The lowest BCUT2D eigenvalue weighted by Crippen LogP contribution is -2.35. The first kappa shape index (κ1) is 23.7. The zero-order chi connectivity index (χ0) is 24.7. The van der Waals surface area contributed by atoms with Gasteiger partial charge in [0.15, 0.2) is 0 Å². The van der Waals surface area contributed by atoms with E-state index in [1.807, 2.05) is 13.8 Å². The molecule has 7 nitrogen and oxygen atoms in total. The Morgan fingerprint density at radius 2 is 1.71 bits per heavy atom. The van der Waals surface area contributed by atoms with Crippen LogP contribution in [0, 0.1) is 5.82 Å². The van der Waals surface area contributed by atoms with E-state index in [0.29, 0.717) is 42.2 Å². The Bertz CT molecular complexity index is 1360. The van der Waals surface area contributed by atoms with Crippen molar-refractivity contribution in [3.05, 3.63) is 71.3 Å². The highest BCUT2D eigenvalue weighted by atomic mass is 32.2. The predicted octanol–water partition coefficient (Wildman–Crippen LogP) is 4.51. The summed E-state index contributed by atoms with van der Waals surface area (Å²) in [6.45, 7) is 5.56. The Hall–Kier alpha value is -3.04. The van der Waals surface area contributed by atoms with E-state index < -0.39 is 10.0 Å². The molecule has 35 heavy (non-hydrogen) atoms. The average Bonchev–Trinajstić information content (AvgIpc) is 3.49. The Morgan fingerprint density at radius 3 is 2.40 bits per heavy atom. The van der Waals surface area contributed by atoms with Crippen molar-refractivity contribution in [2.45, 2.75) is 50.3 Å². The van der Waals surface area contributed by atoms with Crippen molar-refractivity contribution in [1.82, 2.24) is 14.1 Å². The molecule has 0 saturated carbocycles. The monoisotopic (exact) mass is 496 g/mol. The highest BCUT2D eigenvalue weighted by Gasteiger charge is 2.32. The molecule has 3 heterocycles. The standard InChI is InChI=1S/C26H29FN4O3S/c1-18(2)25-23(17-28-31(25)21-8-6-20(27)7-9-21)26(32)30-15-12-19-16-22(10-11-24(19)30)35(33,34)29-13-4-3-5-14-29/h6-11,16-18H,3-5,12-15H2,1-2H3. The van der Waals surface area contributed by atoms with Crippen LogP contribution in [0.4, 0.5) is 10.1 Å². The summed E-state index contributed by atoms with van der Waals surface area (Å²) in [6, 6.07) is 11.1. The molecule has 1 aromatic heterocycles. The molecule has 5 rings (SSSR count). The quantitative estimate of drug-likeness (QED) is 0.521. The van der Waals surface area contributed by atoms with Gasteiger partial charge in [-0.15, -0.1) is 0 Å². The van der Waals surface area contributed by atoms with Gasteiger partial charge in [-0.2, -0.15) is 9.40 Å². The van der Waals surface area contributed by atoms with Crippen LogP contribution >= 0.6 is 0 Å². The fraction of sp³-hybridized carbons (Fsp3) is 0.385. The fourth-order valence-electron chi connectivity index (χ4n) is 5.02. The van der Waals surface area contributed by atoms with E-state index in [1.54, 1.807) is 50.4 Å². The van der Waals surface area contributed by atoms with Crippen molar-refractivity contribution in [2.24, 2.45) is 0 Å². The van der Waals surface area contributed by atoms with Gasteiger partial charge in [0.2, 0.25) is 10.0 Å². The molecule has 1 saturated heterocycles. The maximum atomic E-state index is 13.6. The van der Waals surface area contributed by atoms with Crippen molar-refractivity contribution in [1.29, 1.82) is 0 Å². The number of halogens is 1. The number of carbonyl (C=O) groups is 1. The van der Waals surface area contributed by atoms with Crippen molar-refractivity contribution in [3.8, 4) is 5.69 Å². The summed E-state index contributed by atoms with van der Waals surface area (Å²) in [5.41, 5.74) is 3.51. The van der Waals surface area contributed by atoms with E-state index >= 15 is 0 Å². The topological polar surface area (TPSA) is 75.5 Å². The molecule has 0 bridgehead atoms. The number of carbonyl (C=O) groups excluding carboxylic acids is 1. The molecule has 1 fully saturated rings. The molecular weight excluding hydrogens is 467 g/mol. The predicted molar refractivity (Wildman–Crippen MR) is 132 cm³/mol. The summed E-state index contributed by atoms with van der Waals surface area (Å²) in [5.74, 6) is -0.508. The van der Waals surface area contributed by atoms with Crippen LogP contribution in [0.3, 0.4) is 0 Å². The maximum Gasteiger partial charge on any atom is 0.261 e. The van der Waals surface area contributed by atoms with Gasteiger partial charge < -0.3 is 4.90 Å². The first-order valence-electron chi connectivity index (χ1n) is 12.1. The molecule has 184 valence electrons. The van der Waals surface area contributed by atoms with Gasteiger partial charge in [-0.25, -0.2) is 17.5 Å². The first-order valence-corrected chi connectivity index (χ1v) is 13.5. The van der Waals surface area contributed by atoms with Crippen molar-refractivity contribution in [2.75, 3.05) is 24.5 Å². The second-order valence-corrected chi connectivity index (χ2v) is 11.4. The van der Waals surface area contributed by atoms with E-state index in [4.69, 9.17) is 0 Å². The summed E-state index contributed by atoms with van der Waals surface area (Å²) in [5, 5.41) is 4.45. The Morgan fingerprint density at radius 1 is 1.00 bits per heavy atom. The van der Waals surface area contributed by atoms with Gasteiger partial charge >= 0.3 is 0 Å². The van der Waals surface area contributed by atoms with Crippen LogP contribution in [0.1, 0.15) is 60.6 Å². The number of nitrogens with zero attached hydrogens (tertiary/aromatic N) is 4. The van der Waals surface area contributed by atoms with Crippen LogP contribution in [-0.4, -0.2) is 48.0 Å². The molecule has 0 atom stereocenters. The molecule has 9 heteroatoms. The van der Waals surface area contributed by atoms with E-state index in [2.05, 4.69) is 5.10 Å². The Balaban J connectivity index is 1.45. The van der Waals surface area contributed by atoms with Crippen LogP contribution in [0.2, 0.25) is 0 Å². The van der Waals surface area contributed by atoms with E-state index in [9.17, 15) is 17.6 Å². The van der Waals surface area contributed by atoms with Crippen LogP contribution in [-0.2, 0) is 16.4 Å². The number of hydrogen-bond acceptors (Lipinski definition) is 4. The molecular formula is C26H29FN4O3S. The number of fused-ring (bicyclic) bond motifs is 1. The molecule has 0 N–H and O–H groups in total. The molecule has 2 aromatic carbocycles. The number of rotatable bonds is 5. The van der Waals surface area contributed by atoms with Gasteiger partial charge in [0.05, 0.1) is 28.0 Å². The van der Waals surface area contributed by atoms with E-state index in [0.717, 1.165) is 36.2 Å². The third-order valence-corrected chi connectivity index (χ3v) is 8.69. The Labute approximate surface area is 205 Å². The molecule has 3 aromatic rings. The zero-order valence-corrected chi connectivity index (χ0v) is 20.8.